The molecule has 0 aliphatic carbocycles. The molecule has 0 aliphatic heterocycles. The molecule has 0 bridgehead atoms. The molecule has 0 aliphatic rings. The van der Waals surface area contributed by atoms with Gasteiger partial charge in [0.25, 0.3) is 0 Å². The van der Waals surface area contributed by atoms with Crippen LogP contribution in [0.15, 0.2) is 48.5 Å². The van der Waals surface area contributed by atoms with E-state index in [4.69, 9.17) is 10.5 Å². The van der Waals surface area contributed by atoms with Gasteiger partial charge in [-0.2, -0.15) is 10.5 Å². The van der Waals surface area contributed by atoms with E-state index in [0.717, 1.165) is 0 Å². The molecular weight excluding hydrogens is 332 g/mol. The summed E-state index contributed by atoms with van der Waals surface area (Å²) in [7, 11) is 0. The maximum atomic E-state index is 11.8. The van der Waals surface area contributed by atoms with Crippen molar-refractivity contribution in [3.8, 4) is 12.1 Å². The van der Waals surface area contributed by atoms with Gasteiger partial charge >= 0.3 is 12.1 Å². The van der Waals surface area contributed by atoms with E-state index in [2.05, 4.69) is 21.3 Å². The summed E-state index contributed by atoms with van der Waals surface area (Å²) in [4.78, 5) is 23.5. The van der Waals surface area contributed by atoms with Gasteiger partial charge in [-0.05, 0) is 36.4 Å². The van der Waals surface area contributed by atoms with Crippen LogP contribution in [0.4, 0.5) is 21.0 Å². The summed E-state index contributed by atoms with van der Waals surface area (Å²) < 4.78 is 0. The number of amides is 4. The molecule has 130 valence electrons. The van der Waals surface area contributed by atoms with Crippen molar-refractivity contribution >= 4 is 23.4 Å². The number of anilines is 2. The lowest BCUT2D eigenvalue weighted by atomic mass is 10.2. The molecule has 4 N–H and O–H groups in total. The van der Waals surface area contributed by atoms with Crippen LogP contribution in [0.3, 0.4) is 0 Å². The lowest BCUT2D eigenvalue weighted by molar-refractivity contribution is 0.248. The van der Waals surface area contributed by atoms with E-state index in [1.54, 1.807) is 48.5 Å². The second kappa shape index (κ2) is 9.30. The van der Waals surface area contributed by atoms with Crippen LogP contribution >= 0.6 is 0 Å². The van der Waals surface area contributed by atoms with Gasteiger partial charge in [-0.3, -0.25) is 0 Å². The van der Waals surface area contributed by atoms with Crippen molar-refractivity contribution in [1.82, 2.24) is 10.6 Å². The van der Waals surface area contributed by atoms with Gasteiger partial charge in [0.2, 0.25) is 0 Å². The predicted octanol–water partition coefficient (Wildman–Crippen LogP) is 2.37. The van der Waals surface area contributed by atoms with Crippen LogP contribution in [0.25, 0.3) is 0 Å². The molecule has 0 atom stereocenters. The van der Waals surface area contributed by atoms with Crippen LogP contribution in [0.5, 0.6) is 0 Å². The fourth-order valence-electron chi connectivity index (χ4n) is 2.04. The highest BCUT2D eigenvalue weighted by Crippen LogP contribution is 2.10. The SMILES string of the molecule is N#Cc1cccc(NC(=O)NCCNC(=O)Nc2cccc(C#N)c2)c1. The van der Waals surface area contributed by atoms with Gasteiger partial charge in [-0.1, -0.05) is 12.1 Å². The van der Waals surface area contributed by atoms with Crippen LogP contribution in [-0.2, 0) is 0 Å². The highest BCUT2D eigenvalue weighted by Gasteiger charge is 2.04. The number of nitrogens with zero attached hydrogens (tertiary/aromatic N) is 2. The first-order valence-corrected chi connectivity index (χ1v) is 7.71. The van der Waals surface area contributed by atoms with Crippen LogP contribution in [0, 0.1) is 22.7 Å². The van der Waals surface area contributed by atoms with E-state index >= 15 is 0 Å². The Balaban J connectivity index is 1.69. The summed E-state index contributed by atoms with van der Waals surface area (Å²) >= 11 is 0. The first kappa shape index (κ1) is 18.3. The van der Waals surface area contributed by atoms with E-state index in [9.17, 15) is 9.59 Å². The molecule has 0 saturated carbocycles. The van der Waals surface area contributed by atoms with E-state index < -0.39 is 12.1 Å². The van der Waals surface area contributed by atoms with Crippen molar-refractivity contribution in [3.63, 3.8) is 0 Å². The Morgan fingerprint density at radius 3 is 1.58 bits per heavy atom. The summed E-state index contributed by atoms with van der Waals surface area (Å²) in [5, 5.41) is 28.0. The highest BCUT2D eigenvalue weighted by atomic mass is 16.2. The van der Waals surface area contributed by atoms with Crippen LogP contribution in [-0.4, -0.2) is 25.2 Å². The lowest BCUT2D eigenvalue weighted by Crippen LogP contribution is -2.38. The van der Waals surface area contributed by atoms with E-state index in [1.807, 2.05) is 12.1 Å². The number of benzene rings is 2. The molecule has 0 spiro atoms. The second-order valence-electron chi connectivity index (χ2n) is 5.15. The molecule has 2 aromatic rings. The van der Waals surface area contributed by atoms with Crippen molar-refractivity contribution in [2.45, 2.75) is 0 Å². The molecule has 2 aromatic carbocycles. The standard InChI is InChI=1S/C18H16N6O2/c19-11-13-3-1-5-15(9-13)23-17(25)21-7-8-22-18(26)24-16-6-2-4-14(10-16)12-20/h1-6,9-10H,7-8H2,(H2,21,23,25)(H2,22,24,26). The molecule has 0 unspecified atom stereocenters. The molecule has 26 heavy (non-hydrogen) atoms. The third-order valence-electron chi connectivity index (χ3n) is 3.20. The summed E-state index contributed by atoms with van der Waals surface area (Å²) in [6.45, 7) is 0.435. The zero-order valence-electron chi connectivity index (χ0n) is 13.7. The molecule has 8 nitrogen and oxygen atoms in total. The lowest BCUT2D eigenvalue weighted by Gasteiger charge is -2.10. The fourth-order valence-corrected chi connectivity index (χ4v) is 2.04. The molecule has 0 fully saturated rings. The Morgan fingerprint density at radius 1 is 0.769 bits per heavy atom. The molecular formula is C18H16N6O2. The predicted molar refractivity (Wildman–Crippen MR) is 96.4 cm³/mol. The molecule has 0 aromatic heterocycles. The number of rotatable bonds is 5. The minimum absolute atomic E-state index is 0.218. The van der Waals surface area contributed by atoms with Gasteiger partial charge < -0.3 is 21.3 Å². The minimum Gasteiger partial charge on any atom is -0.336 e. The maximum absolute atomic E-state index is 11.8. The van der Waals surface area contributed by atoms with Gasteiger partial charge in [-0.25, -0.2) is 9.59 Å². The Bertz CT molecular complexity index is 808. The van der Waals surface area contributed by atoms with Gasteiger partial charge in [0.1, 0.15) is 0 Å². The van der Waals surface area contributed by atoms with Gasteiger partial charge in [0.05, 0.1) is 23.3 Å². The largest absolute Gasteiger partial charge is 0.336 e. The van der Waals surface area contributed by atoms with Crippen molar-refractivity contribution < 1.29 is 9.59 Å². The summed E-state index contributed by atoms with van der Waals surface area (Å²) in [5.41, 5.74) is 1.90. The average Bonchev–Trinajstić information content (AvgIpc) is 2.65. The fraction of sp³-hybridized carbons (Fsp3) is 0.111. The zero-order chi connectivity index (χ0) is 18.8. The Morgan fingerprint density at radius 2 is 1.19 bits per heavy atom. The number of hydrogen-bond donors (Lipinski definition) is 4. The molecule has 2 rings (SSSR count). The van der Waals surface area contributed by atoms with Crippen molar-refractivity contribution in [3.05, 3.63) is 59.7 Å². The topological polar surface area (TPSA) is 130 Å². The van der Waals surface area contributed by atoms with Crippen molar-refractivity contribution in [2.75, 3.05) is 23.7 Å². The monoisotopic (exact) mass is 348 g/mol. The minimum atomic E-state index is -0.441. The summed E-state index contributed by atoms with van der Waals surface area (Å²) in [5.74, 6) is 0. The number of urea groups is 2. The Hall–Kier alpha value is -4.04. The molecule has 0 radical (unpaired) electrons. The van der Waals surface area contributed by atoms with Crippen LogP contribution < -0.4 is 21.3 Å². The number of carbonyl (C=O) groups is 2. The summed E-state index contributed by atoms with van der Waals surface area (Å²) in [6.07, 6.45) is 0. The maximum Gasteiger partial charge on any atom is 0.319 e. The van der Waals surface area contributed by atoms with Crippen molar-refractivity contribution in [1.29, 1.82) is 10.5 Å². The molecule has 4 amide bonds. The molecule has 0 heterocycles. The van der Waals surface area contributed by atoms with Crippen molar-refractivity contribution in [2.24, 2.45) is 0 Å². The second-order valence-corrected chi connectivity index (χ2v) is 5.15. The van der Waals surface area contributed by atoms with Gasteiger partial charge in [0, 0.05) is 24.5 Å². The van der Waals surface area contributed by atoms with Crippen LogP contribution in [0.1, 0.15) is 11.1 Å². The quantitative estimate of drug-likeness (QED) is 0.618. The normalized spacial score (nSPS) is 9.31. The smallest absolute Gasteiger partial charge is 0.319 e. The number of carbonyl (C=O) groups excluding carboxylic acids is 2. The third-order valence-corrected chi connectivity index (χ3v) is 3.20. The Labute approximate surface area is 150 Å². The number of nitriles is 2. The third kappa shape index (κ3) is 5.87. The first-order valence-electron chi connectivity index (χ1n) is 7.71. The zero-order valence-corrected chi connectivity index (χ0v) is 13.7. The van der Waals surface area contributed by atoms with Gasteiger partial charge in [-0.15, -0.1) is 0 Å². The molecule has 0 saturated heterocycles. The van der Waals surface area contributed by atoms with E-state index in [0.29, 0.717) is 22.5 Å². The number of hydrogen-bond acceptors (Lipinski definition) is 4. The van der Waals surface area contributed by atoms with Crippen LogP contribution in [0.2, 0.25) is 0 Å². The molecule has 8 heteroatoms. The summed E-state index contributed by atoms with van der Waals surface area (Å²) in [6, 6.07) is 16.2. The Kier molecular flexibility index (Phi) is 6.55. The van der Waals surface area contributed by atoms with Gasteiger partial charge in [0.15, 0.2) is 0 Å². The highest BCUT2D eigenvalue weighted by molar-refractivity contribution is 5.90. The average molecular weight is 348 g/mol. The van der Waals surface area contributed by atoms with E-state index in [-0.39, 0.29) is 13.1 Å². The van der Waals surface area contributed by atoms with E-state index in [1.165, 1.54) is 0 Å². The number of nitrogens with one attached hydrogen (secondary N) is 4. The first-order chi connectivity index (χ1) is 12.6.